The highest BCUT2D eigenvalue weighted by molar-refractivity contribution is 5.90. The highest BCUT2D eigenvalue weighted by Crippen LogP contribution is 2.30. The minimum Gasteiger partial charge on any atom is -0.493 e. The summed E-state index contributed by atoms with van der Waals surface area (Å²) >= 11 is 0. The summed E-state index contributed by atoms with van der Waals surface area (Å²) in [5.41, 5.74) is 0.455. The molecule has 0 amide bonds. The Morgan fingerprint density at radius 2 is 1.00 bits per heavy atom. The van der Waals surface area contributed by atoms with Crippen molar-refractivity contribution in [3.05, 3.63) is 47.5 Å². The molecule has 2 aromatic rings. The summed E-state index contributed by atoms with van der Waals surface area (Å²) < 4.78 is 20.7. The fraction of sp³-hybridized carbons (Fsp3) is 0.417. The Kier molecular flexibility index (Phi) is 8.94. The van der Waals surface area contributed by atoms with Gasteiger partial charge in [-0.25, -0.2) is 9.59 Å². The molecule has 1 aliphatic carbocycles. The fourth-order valence-corrected chi connectivity index (χ4v) is 3.52. The largest absolute Gasteiger partial charge is 0.493 e. The predicted molar refractivity (Wildman–Crippen MR) is 118 cm³/mol. The molecule has 34 heavy (non-hydrogen) atoms. The van der Waals surface area contributed by atoms with Gasteiger partial charge in [-0.15, -0.1) is 0 Å². The van der Waals surface area contributed by atoms with Crippen LogP contribution in [-0.4, -0.2) is 52.6 Å². The van der Waals surface area contributed by atoms with Gasteiger partial charge >= 0.3 is 11.9 Å². The van der Waals surface area contributed by atoms with E-state index in [9.17, 15) is 9.59 Å². The Labute approximate surface area is 197 Å². The molecular weight excluding hydrogens is 448 g/mol. The quantitative estimate of drug-likeness (QED) is 0.370. The molecule has 3 rings (SSSR count). The summed E-state index contributed by atoms with van der Waals surface area (Å²) in [6.07, 6.45) is 1.63. The number of hydrogen-bond acceptors (Lipinski definition) is 10. The smallest absolute Gasteiger partial charge is 0.373 e. The zero-order chi connectivity index (χ0) is 24.5. The minimum absolute atomic E-state index is 0.228. The average Bonchev–Trinajstić information content (AvgIpc) is 2.89. The Morgan fingerprint density at radius 3 is 1.35 bits per heavy atom. The zero-order valence-corrected chi connectivity index (χ0v) is 19.5. The summed E-state index contributed by atoms with van der Waals surface area (Å²) in [5, 5.41) is 0. The van der Waals surface area contributed by atoms with Crippen LogP contribution in [0.5, 0.6) is 23.0 Å². The van der Waals surface area contributed by atoms with Gasteiger partial charge in [0.05, 0.1) is 39.6 Å². The Morgan fingerprint density at radius 1 is 0.618 bits per heavy atom. The van der Waals surface area contributed by atoms with E-state index in [0.29, 0.717) is 35.8 Å². The van der Waals surface area contributed by atoms with E-state index in [0.717, 1.165) is 12.8 Å². The summed E-state index contributed by atoms with van der Waals surface area (Å²) in [7, 11) is 5.94. The second-order valence-electron chi connectivity index (χ2n) is 7.43. The molecule has 0 aromatic heterocycles. The van der Waals surface area contributed by atoms with E-state index in [1.165, 1.54) is 52.7 Å². The first-order chi connectivity index (χ1) is 16.5. The Bertz CT molecular complexity index is 910. The van der Waals surface area contributed by atoms with Gasteiger partial charge in [0.2, 0.25) is 0 Å². The molecule has 0 spiro atoms. The van der Waals surface area contributed by atoms with Gasteiger partial charge in [-0.1, -0.05) is 12.8 Å². The number of ether oxygens (including phenoxy) is 4. The standard InChI is InChI=1S/C24H28O10/c1-27-17-11-9-15(13-21(17)29-3)23(25)33-31-19-7-5-6-8-20(19)32-34-24(26)16-10-12-18(28-2)22(14-16)30-4/h9-14,19-20H,5-8H2,1-4H3. The van der Waals surface area contributed by atoms with E-state index in [1.807, 2.05) is 0 Å². The normalized spacial score (nSPS) is 17.4. The molecule has 1 fully saturated rings. The summed E-state index contributed by atoms with van der Waals surface area (Å²) in [5.74, 6) is 0.338. The third-order valence-corrected chi connectivity index (χ3v) is 5.38. The molecule has 184 valence electrons. The van der Waals surface area contributed by atoms with Crippen molar-refractivity contribution in [3.8, 4) is 23.0 Å². The molecule has 1 aliphatic rings. The number of carbonyl (C=O) groups excluding carboxylic acids is 2. The van der Waals surface area contributed by atoms with Crippen molar-refractivity contribution in [3.63, 3.8) is 0 Å². The molecule has 2 aromatic carbocycles. The first-order valence-corrected chi connectivity index (χ1v) is 10.7. The van der Waals surface area contributed by atoms with Crippen molar-refractivity contribution in [1.82, 2.24) is 0 Å². The lowest BCUT2D eigenvalue weighted by atomic mass is 9.95. The van der Waals surface area contributed by atoms with Gasteiger partial charge in [0, 0.05) is 0 Å². The lowest BCUT2D eigenvalue weighted by Crippen LogP contribution is -2.36. The number of hydrogen-bond donors (Lipinski definition) is 0. The molecule has 0 heterocycles. The van der Waals surface area contributed by atoms with Crippen LogP contribution in [0.1, 0.15) is 46.4 Å². The Balaban J connectivity index is 1.57. The number of carbonyl (C=O) groups is 2. The van der Waals surface area contributed by atoms with E-state index in [1.54, 1.807) is 12.1 Å². The van der Waals surface area contributed by atoms with Crippen LogP contribution < -0.4 is 18.9 Å². The first kappa shape index (κ1) is 25.1. The summed E-state index contributed by atoms with van der Waals surface area (Å²) in [6.45, 7) is 0. The molecule has 0 aliphatic heterocycles. The van der Waals surface area contributed by atoms with Crippen molar-refractivity contribution < 1.29 is 48.1 Å². The maximum atomic E-state index is 12.4. The number of methoxy groups -OCH3 is 4. The van der Waals surface area contributed by atoms with Gasteiger partial charge < -0.3 is 18.9 Å². The van der Waals surface area contributed by atoms with E-state index in [-0.39, 0.29) is 11.1 Å². The van der Waals surface area contributed by atoms with Crippen LogP contribution in [0.3, 0.4) is 0 Å². The molecule has 2 unspecified atom stereocenters. The van der Waals surface area contributed by atoms with Crippen molar-refractivity contribution in [2.24, 2.45) is 0 Å². The monoisotopic (exact) mass is 476 g/mol. The highest BCUT2D eigenvalue weighted by atomic mass is 17.2. The SMILES string of the molecule is COc1ccc(C(=O)OOC2CCCCC2OOC(=O)c2ccc(OC)c(OC)c2)cc1OC. The van der Waals surface area contributed by atoms with E-state index in [2.05, 4.69) is 0 Å². The van der Waals surface area contributed by atoms with Gasteiger partial charge in [0.25, 0.3) is 0 Å². The fourth-order valence-electron chi connectivity index (χ4n) is 3.52. The van der Waals surface area contributed by atoms with Gasteiger partial charge in [-0.05, 0) is 49.2 Å². The van der Waals surface area contributed by atoms with E-state index >= 15 is 0 Å². The third kappa shape index (κ3) is 6.09. The van der Waals surface area contributed by atoms with Gasteiger partial charge in [-0.3, -0.25) is 9.78 Å². The molecule has 2 atom stereocenters. The lowest BCUT2D eigenvalue weighted by molar-refractivity contribution is -0.352. The van der Waals surface area contributed by atoms with Crippen molar-refractivity contribution in [2.75, 3.05) is 28.4 Å². The predicted octanol–water partition coefficient (Wildman–Crippen LogP) is 3.91. The summed E-state index contributed by atoms with van der Waals surface area (Å²) in [4.78, 5) is 45.7. The molecule has 0 saturated heterocycles. The van der Waals surface area contributed by atoms with Crippen LogP contribution in [0.25, 0.3) is 0 Å². The molecule has 10 nitrogen and oxygen atoms in total. The molecule has 0 radical (unpaired) electrons. The number of benzene rings is 2. The zero-order valence-electron chi connectivity index (χ0n) is 19.5. The van der Waals surface area contributed by atoms with Crippen LogP contribution in [0.15, 0.2) is 36.4 Å². The van der Waals surface area contributed by atoms with Gasteiger partial charge in [-0.2, -0.15) is 9.78 Å². The second kappa shape index (κ2) is 12.1. The minimum atomic E-state index is -0.701. The van der Waals surface area contributed by atoms with E-state index < -0.39 is 24.1 Å². The molecule has 1 saturated carbocycles. The van der Waals surface area contributed by atoms with Crippen molar-refractivity contribution in [2.45, 2.75) is 37.9 Å². The van der Waals surface area contributed by atoms with Crippen LogP contribution in [-0.2, 0) is 19.6 Å². The maximum Gasteiger partial charge on any atom is 0.373 e. The average molecular weight is 476 g/mol. The van der Waals surface area contributed by atoms with Crippen LogP contribution >= 0.6 is 0 Å². The summed E-state index contributed by atoms with van der Waals surface area (Å²) in [6, 6.07) is 9.24. The van der Waals surface area contributed by atoms with E-state index in [4.69, 9.17) is 38.5 Å². The topological polar surface area (TPSA) is 108 Å². The lowest BCUT2D eigenvalue weighted by Gasteiger charge is -2.28. The maximum absolute atomic E-state index is 12.4. The first-order valence-electron chi connectivity index (χ1n) is 10.7. The highest BCUT2D eigenvalue weighted by Gasteiger charge is 2.31. The van der Waals surface area contributed by atoms with Crippen LogP contribution in [0.4, 0.5) is 0 Å². The van der Waals surface area contributed by atoms with Crippen molar-refractivity contribution in [1.29, 1.82) is 0 Å². The molecule has 0 bridgehead atoms. The Hall–Kier alpha value is -3.50. The second-order valence-corrected chi connectivity index (χ2v) is 7.43. The molecule has 0 N–H and O–H groups in total. The molecular formula is C24H28O10. The van der Waals surface area contributed by atoms with Crippen LogP contribution in [0, 0.1) is 0 Å². The van der Waals surface area contributed by atoms with Crippen molar-refractivity contribution >= 4 is 11.9 Å². The van der Waals surface area contributed by atoms with Gasteiger partial charge in [0.1, 0.15) is 12.2 Å². The molecule has 10 heteroatoms. The van der Waals surface area contributed by atoms with Crippen LogP contribution in [0.2, 0.25) is 0 Å². The number of rotatable bonds is 10. The third-order valence-electron chi connectivity index (χ3n) is 5.38. The van der Waals surface area contributed by atoms with Gasteiger partial charge in [0.15, 0.2) is 23.0 Å².